The summed E-state index contributed by atoms with van der Waals surface area (Å²) in [7, 11) is 0. The van der Waals surface area contributed by atoms with Gasteiger partial charge in [0.05, 0.1) is 11.6 Å². The molecule has 0 radical (unpaired) electrons. The monoisotopic (exact) mass is 273 g/mol. The van der Waals surface area contributed by atoms with Crippen LogP contribution in [0.5, 0.6) is 0 Å². The first-order chi connectivity index (χ1) is 9.74. The van der Waals surface area contributed by atoms with E-state index in [1.807, 2.05) is 0 Å². The summed E-state index contributed by atoms with van der Waals surface area (Å²) in [6.45, 7) is 1.64. The summed E-state index contributed by atoms with van der Waals surface area (Å²) in [5.74, 6) is -0.479. The van der Waals surface area contributed by atoms with Crippen molar-refractivity contribution < 1.29 is 9.18 Å². The van der Waals surface area contributed by atoms with Gasteiger partial charge in [-0.2, -0.15) is 0 Å². The Morgan fingerprint density at radius 2 is 2.35 bits per heavy atom. The van der Waals surface area contributed by atoms with Crippen molar-refractivity contribution >= 4 is 22.4 Å². The third kappa shape index (κ3) is 2.63. The number of hydrogen-bond donors (Lipinski definition) is 2. The molecule has 1 atom stereocenters. The van der Waals surface area contributed by atoms with Crippen molar-refractivity contribution in [3.8, 4) is 0 Å². The van der Waals surface area contributed by atoms with E-state index in [0.29, 0.717) is 17.6 Å². The largest absolute Gasteiger partial charge is 0.325 e. The Hall–Kier alpha value is -2.01. The number of nitrogens with one attached hydrogen (secondary N) is 2. The van der Waals surface area contributed by atoms with Gasteiger partial charge in [0.2, 0.25) is 5.91 Å². The van der Waals surface area contributed by atoms with Gasteiger partial charge < -0.3 is 10.6 Å². The quantitative estimate of drug-likeness (QED) is 0.883. The van der Waals surface area contributed by atoms with Crippen LogP contribution in [0.15, 0.2) is 30.6 Å². The average Bonchev–Trinajstić information content (AvgIpc) is 2.48. The van der Waals surface area contributed by atoms with E-state index < -0.39 is 0 Å². The van der Waals surface area contributed by atoms with E-state index in [2.05, 4.69) is 15.6 Å². The van der Waals surface area contributed by atoms with E-state index in [0.717, 1.165) is 24.8 Å². The molecule has 1 unspecified atom stereocenters. The van der Waals surface area contributed by atoms with Crippen LogP contribution in [0.4, 0.5) is 10.1 Å². The van der Waals surface area contributed by atoms with Gasteiger partial charge in [-0.3, -0.25) is 9.78 Å². The van der Waals surface area contributed by atoms with Crippen LogP contribution < -0.4 is 10.6 Å². The lowest BCUT2D eigenvalue weighted by molar-refractivity contribution is -0.120. The summed E-state index contributed by atoms with van der Waals surface area (Å²) in [6.07, 6.45) is 5.09. The van der Waals surface area contributed by atoms with Crippen molar-refractivity contribution in [3.63, 3.8) is 0 Å². The van der Waals surface area contributed by atoms with Gasteiger partial charge in [0.25, 0.3) is 0 Å². The maximum Gasteiger partial charge on any atom is 0.228 e. The Morgan fingerprint density at radius 1 is 1.45 bits per heavy atom. The van der Waals surface area contributed by atoms with E-state index in [9.17, 15) is 9.18 Å². The second kappa shape index (κ2) is 5.54. The number of piperidine rings is 1. The molecule has 1 amide bonds. The molecule has 1 aromatic carbocycles. The van der Waals surface area contributed by atoms with Crippen LogP contribution in [0.25, 0.3) is 10.8 Å². The Labute approximate surface area is 116 Å². The van der Waals surface area contributed by atoms with Gasteiger partial charge in [-0.15, -0.1) is 0 Å². The molecule has 3 rings (SSSR count). The van der Waals surface area contributed by atoms with Gasteiger partial charge in [-0.1, -0.05) is 0 Å². The summed E-state index contributed by atoms with van der Waals surface area (Å²) in [6, 6.07) is 4.56. The molecule has 1 aliphatic heterocycles. The summed E-state index contributed by atoms with van der Waals surface area (Å²) >= 11 is 0. The Morgan fingerprint density at radius 3 is 3.15 bits per heavy atom. The number of fused-ring (bicyclic) bond motifs is 1. The lowest BCUT2D eigenvalue weighted by Gasteiger charge is -2.22. The van der Waals surface area contributed by atoms with Gasteiger partial charge in [0.15, 0.2) is 0 Å². The molecule has 0 aliphatic carbocycles. The highest BCUT2D eigenvalue weighted by Crippen LogP contribution is 2.25. The number of carbonyl (C=O) groups excluding carboxylic acids is 1. The van der Waals surface area contributed by atoms with Crippen molar-refractivity contribution in [1.82, 2.24) is 10.3 Å². The molecule has 4 nitrogen and oxygen atoms in total. The molecule has 1 fully saturated rings. The summed E-state index contributed by atoms with van der Waals surface area (Å²) in [5.41, 5.74) is 0.512. The highest BCUT2D eigenvalue weighted by atomic mass is 19.1. The number of amides is 1. The first-order valence-electron chi connectivity index (χ1n) is 6.79. The van der Waals surface area contributed by atoms with E-state index in [4.69, 9.17) is 0 Å². The molecule has 0 bridgehead atoms. The molecular weight excluding hydrogens is 257 g/mol. The molecule has 2 aromatic rings. The highest BCUT2D eigenvalue weighted by Gasteiger charge is 2.21. The van der Waals surface area contributed by atoms with Crippen LogP contribution in [0.3, 0.4) is 0 Å². The standard InChI is InChI=1S/C15H16FN3O/c16-12-6-11-9-18-5-3-13(11)14(7-12)19-15(20)10-2-1-4-17-8-10/h3,5-7,9-10,17H,1-2,4,8H2,(H,19,20). The molecule has 1 aliphatic rings. The smallest absolute Gasteiger partial charge is 0.228 e. The molecule has 2 heterocycles. The number of rotatable bonds is 2. The summed E-state index contributed by atoms with van der Waals surface area (Å²) in [4.78, 5) is 16.2. The number of nitrogens with zero attached hydrogens (tertiary/aromatic N) is 1. The Kier molecular flexibility index (Phi) is 3.60. The summed E-state index contributed by atoms with van der Waals surface area (Å²) < 4.78 is 13.6. The fourth-order valence-electron chi connectivity index (χ4n) is 2.59. The molecular formula is C15H16FN3O. The van der Waals surface area contributed by atoms with Crippen molar-refractivity contribution in [1.29, 1.82) is 0 Å². The minimum Gasteiger partial charge on any atom is -0.325 e. The third-order valence-electron chi connectivity index (χ3n) is 3.64. The first kappa shape index (κ1) is 13.0. The SMILES string of the molecule is O=C(Nc1cc(F)cc2cnccc12)C1CCCNC1. The highest BCUT2D eigenvalue weighted by molar-refractivity contribution is 6.02. The van der Waals surface area contributed by atoms with Gasteiger partial charge in [0, 0.05) is 29.7 Å². The van der Waals surface area contributed by atoms with Crippen molar-refractivity contribution in [2.75, 3.05) is 18.4 Å². The first-order valence-corrected chi connectivity index (χ1v) is 6.79. The zero-order valence-corrected chi connectivity index (χ0v) is 11.0. The van der Waals surface area contributed by atoms with Crippen molar-refractivity contribution in [2.24, 2.45) is 5.92 Å². The lowest BCUT2D eigenvalue weighted by atomic mass is 9.98. The molecule has 5 heteroatoms. The number of anilines is 1. The number of benzene rings is 1. The van der Waals surface area contributed by atoms with Crippen molar-refractivity contribution in [2.45, 2.75) is 12.8 Å². The number of carbonyl (C=O) groups is 1. The van der Waals surface area contributed by atoms with Gasteiger partial charge in [-0.25, -0.2) is 4.39 Å². The van der Waals surface area contributed by atoms with Crippen LogP contribution in [0, 0.1) is 11.7 Å². The van der Waals surface area contributed by atoms with Gasteiger partial charge >= 0.3 is 0 Å². The minimum absolute atomic E-state index is 0.0519. The van der Waals surface area contributed by atoms with E-state index in [-0.39, 0.29) is 17.6 Å². The van der Waals surface area contributed by atoms with E-state index in [1.165, 1.54) is 12.1 Å². The van der Waals surface area contributed by atoms with Gasteiger partial charge in [-0.05, 0) is 37.6 Å². The summed E-state index contributed by atoms with van der Waals surface area (Å²) in [5, 5.41) is 7.54. The average molecular weight is 273 g/mol. The fraction of sp³-hybridized carbons (Fsp3) is 0.333. The molecule has 1 saturated heterocycles. The normalized spacial score (nSPS) is 18.9. The number of halogens is 1. The molecule has 0 spiro atoms. The minimum atomic E-state index is -0.373. The van der Waals surface area contributed by atoms with Crippen LogP contribution >= 0.6 is 0 Å². The number of pyridine rings is 1. The Balaban J connectivity index is 1.88. The number of hydrogen-bond acceptors (Lipinski definition) is 3. The second-order valence-electron chi connectivity index (χ2n) is 5.08. The molecule has 2 N–H and O–H groups in total. The van der Waals surface area contributed by atoms with Crippen LogP contribution in [-0.4, -0.2) is 24.0 Å². The lowest BCUT2D eigenvalue weighted by Crippen LogP contribution is -2.37. The van der Waals surface area contributed by atoms with E-state index in [1.54, 1.807) is 18.5 Å². The molecule has 20 heavy (non-hydrogen) atoms. The van der Waals surface area contributed by atoms with Crippen LogP contribution in [0.1, 0.15) is 12.8 Å². The van der Waals surface area contributed by atoms with Crippen LogP contribution in [0.2, 0.25) is 0 Å². The van der Waals surface area contributed by atoms with Crippen LogP contribution in [-0.2, 0) is 4.79 Å². The van der Waals surface area contributed by atoms with Gasteiger partial charge in [0.1, 0.15) is 5.82 Å². The zero-order valence-electron chi connectivity index (χ0n) is 11.0. The topological polar surface area (TPSA) is 54.0 Å². The number of aromatic nitrogens is 1. The predicted molar refractivity (Wildman–Crippen MR) is 75.9 cm³/mol. The van der Waals surface area contributed by atoms with E-state index >= 15 is 0 Å². The maximum atomic E-state index is 13.6. The molecule has 1 aromatic heterocycles. The fourth-order valence-corrected chi connectivity index (χ4v) is 2.59. The zero-order chi connectivity index (χ0) is 13.9. The van der Waals surface area contributed by atoms with Crippen molar-refractivity contribution in [3.05, 3.63) is 36.4 Å². The second-order valence-corrected chi connectivity index (χ2v) is 5.08. The molecule has 104 valence electrons. The maximum absolute atomic E-state index is 13.6. The Bertz CT molecular complexity index is 638. The molecule has 0 saturated carbocycles. The third-order valence-corrected chi connectivity index (χ3v) is 3.64. The predicted octanol–water partition coefficient (Wildman–Crippen LogP) is 2.31.